The molecule has 26 heavy (non-hydrogen) atoms. The van der Waals surface area contributed by atoms with E-state index >= 15 is 0 Å². The molecule has 1 saturated heterocycles. The van der Waals surface area contributed by atoms with Gasteiger partial charge in [0.1, 0.15) is 10.7 Å². The minimum atomic E-state index is -3.61. The van der Waals surface area contributed by atoms with Crippen LogP contribution in [0.1, 0.15) is 13.8 Å². The maximum atomic E-state index is 12.3. The maximum absolute atomic E-state index is 12.3. The predicted octanol–water partition coefficient (Wildman–Crippen LogP) is 1.70. The number of sulfonamides is 1. The third-order valence-electron chi connectivity index (χ3n) is 4.65. The summed E-state index contributed by atoms with van der Waals surface area (Å²) in [7, 11) is -3.61. The van der Waals surface area contributed by atoms with Crippen LogP contribution < -0.4 is 5.32 Å². The molecule has 3 heterocycles. The van der Waals surface area contributed by atoms with Crippen LogP contribution in [0.4, 0.5) is 5.69 Å². The fourth-order valence-electron chi connectivity index (χ4n) is 3.28. The second-order valence-electron chi connectivity index (χ2n) is 7.36. The van der Waals surface area contributed by atoms with Gasteiger partial charge in [0.2, 0.25) is 0 Å². The van der Waals surface area contributed by atoms with Crippen molar-refractivity contribution in [3.05, 3.63) is 24.3 Å². The van der Waals surface area contributed by atoms with Gasteiger partial charge in [0, 0.05) is 30.9 Å². The number of anilines is 1. The van der Waals surface area contributed by atoms with Crippen molar-refractivity contribution in [2.75, 3.05) is 44.6 Å². The molecule has 1 fully saturated rings. The zero-order valence-corrected chi connectivity index (χ0v) is 16.6. The molecule has 0 amide bonds. The molecule has 0 aliphatic carbocycles. The number of hydrogen-bond acceptors (Lipinski definition) is 7. The van der Waals surface area contributed by atoms with E-state index in [-0.39, 0.29) is 9.64 Å². The van der Waals surface area contributed by atoms with E-state index in [1.807, 2.05) is 17.8 Å². The number of benzene rings is 1. The first-order valence-corrected chi connectivity index (χ1v) is 11.0. The summed E-state index contributed by atoms with van der Waals surface area (Å²) in [5, 5.41) is 4.30. The Balaban J connectivity index is 1.38. The van der Waals surface area contributed by atoms with Crippen LogP contribution in [-0.2, 0) is 10.0 Å². The highest BCUT2D eigenvalue weighted by Crippen LogP contribution is 2.33. The van der Waals surface area contributed by atoms with Crippen molar-refractivity contribution < 1.29 is 8.42 Å². The van der Waals surface area contributed by atoms with E-state index in [9.17, 15) is 8.42 Å². The van der Waals surface area contributed by atoms with Gasteiger partial charge >= 0.3 is 0 Å². The van der Waals surface area contributed by atoms with Crippen LogP contribution >= 0.6 is 11.8 Å². The number of nitrogens with zero attached hydrogens (tertiary/aromatic N) is 4. The molecule has 1 aromatic rings. The molecule has 1 aromatic carbocycles. The zero-order valence-electron chi connectivity index (χ0n) is 15.0. The van der Waals surface area contributed by atoms with Crippen molar-refractivity contribution in [3.8, 4) is 0 Å². The monoisotopic (exact) mass is 393 g/mol. The molecule has 0 aromatic heterocycles. The molecule has 1 N–H and O–H groups in total. The van der Waals surface area contributed by atoms with Crippen LogP contribution in [0.2, 0.25) is 0 Å². The standard InChI is InChI=1S/C17H23N5O2S2/c1-17(2)12-18-16(25-17)22-9-7-21(8-10-22)11-15-19-13-5-3-4-6-14(13)26(23,24)20-15/h3-6H,7-12H2,1-2H3,(H,19,20). The van der Waals surface area contributed by atoms with Gasteiger partial charge in [-0.25, -0.2) is 0 Å². The minimum Gasteiger partial charge on any atom is -0.349 e. The van der Waals surface area contributed by atoms with Crippen molar-refractivity contribution in [1.82, 2.24) is 9.80 Å². The molecule has 4 rings (SSSR count). The van der Waals surface area contributed by atoms with E-state index in [0.29, 0.717) is 18.1 Å². The SMILES string of the molecule is CC1(C)CN=C(N2CCN(CC3=NS(=O)(=O)c4ccccc4N3)CC2)S1. The summed E-state index contributed by atoms with van der Waals surface area (Å²) in [5.41, 5.74) is 0.607. The second kappa shape index (κ2) is 6.54. The third-order valence-corrected chi connectivity index (χ3v) is 7.28. The summed E-state index contributed by atoms with van der Waals surface area (Å²) in [6, 6.07) is 6.89. The van der Waals surface area contributed by atoms with E-state index in [0.717, 1.165) is 37.9 Å². The van der Waals surface area contributed by atoms with Crippen LogP contribution in [-0.4, -0.2) is 73.2 Å². The van der Waals surface area contributed by atoms with Crippen molar-refractivity contribution in [2.45, 2.75) is 23.5 Å². The van der Waals surface area contributed by atoms with E-state index in [2.05, 4.69) is 38.4 Å². The summed E-state index contributed by atoms with van der Waals surface area (Å²) in [5.74, 6) is 0.492. The molecule has 9 heteroatoms. The highest BCUT2D eigenvalue weighted by atomic mass is 32.2. The van der Waals surface area contributed by atoms with Gasteiger partial charge in [-0.05, 0) is 26.0 Å². The average Bonchev–Trinajstić information content (AvgIpc) is 2.95. The molecule has 0 radical (unpaired) electrons. The highest BCUT2D eigenvalue weighted by Gasteiger charge is 2.32. The Bertz CT molecular complexity index is 871. The van der Waals surface area contributed by atoms with Crippen LogP contribution in [0.3, 0.4) is 0 Å². The Hall–Kier alpha value is -1.58. The minimum absolute atomic E-state index is 0.189. The van der Waals surface area contributed by atoms with Crippen LogP contribution in [0.25, 0.3) is 0 Å². The van der Waals surface area contributed by atoms with Gasteiger partial charge in [0.15, 0.2) is 5.17 Å². The smallest absolute Gasteiger partial charge is 0.286 e. The van der Waals surface area contributed by atoms with Crippen molar-refractivity contribution in [2.24, 2.45) is 9.39 Å². The van der Waals surface area contributed by atoms with Gasteiger partial charge in [-0.3, -0.25) is 9.89 Å². The van der Waals surface area contributed by atoms with Crippen molar-refractivity contribution in [1.29, 1.82) is 0 Å². The Labute approximate surface area is 158 Å². The molecule has 0 saturated carbocycles. The first kappa shape index (κ1) is 17.8. The third kappa shape index (κ3) is 3.60. The summed E-state index contributed by atoms with van der Waals surface area (Å²) in [6.07, 6.45) is 0. The lowest BCUT2D eigenvalue weighted by atomic mass is 10.2. The highest BCUT2D eigenvalue weighted by molar-refractivity contribution is 8.15. The largest absolute Gasteiger partial charge is 0.349 e. The Morgan fingerprint density at radius 1 is 1.19 bits per heavy atom. The van der Waals surface area contributed by atoms with E-state index in [4.69, 9.17) is 0 Å². The quantitative estimate of drug-likeness (QED) is 0.824. The van der Waals surface area contributed by atoms with Gasteiger partial charge in [-0.15, -0.1) is 4.40 Å². The van der Waals surface area contributed by atoms with Gasteiger partial charge in [0.05, 0.1) is 18.8 Å². The Morgan fingerprint density at radius 3 is 2.62 bits per heavy atom. The molecule has 0 unspecified atom stereocenters. The van der Waals surface area contributed by atoms with Crippen molar-refractivity contribution >= 4 is 38.5 Å². The Morgan fingerprint density at radius 2 is 1.92 bits per heavy atom. The van der Waals surface area contributed by atoms with Gasteiger partial charge in [-0.2, -0.15) is 8.42 Å². The summed E-state index contributed by atoms with van der Waals surface area (Å²) >= 11 is 1.85. The number of aliphatic imine (C=N–C) groups is 1. The van der Waals surface area contributed by atoms with Crippen LogP contribution in [0.5, 0.6) is 0 Å². The fraction of sp³-hybridized carbons (Fsp3) is 0.529. The lowest BCUT2D eigenvalue weighted by molar-refractivity contribution is 0.205. The zero-order chi connectivity index (χ0) is 18.4. The number of para-hydroxylation sites is 1. The molecular formula is C17H23N5O2S2. The molecule has 3 aliphatic rings. The molecule has 0 atom stereocenters. The average molecular weight is 394 g/mol. The summed E-state index contributed by atoms with van der Waals surface area (Å²) < 4.78 is 28.8. The van der Waals surface area contributed by atoms with E-state index in [1.165, 1.54) is 0 Å². The van der Waals surface area contributed by atoms with E-state index < -0.39 is 10.0 Å². The van der Waals surface area contributed by atoms with Gasteiger partial charge in [-0.1, -0.05) is 23.9 Å². The number of rotatable bonds is 2. The molecular weight excluding hydrogens is 370 g/mol. The van der Waals surface area contributed by atoms with E-state index in [1.54, 1.807) is 18.2 Å². The molecule has 0 spiro atoms. The molecule has 7 nitrogen and oxygen atoms in total. The van der Waals surface area contributed by atoms with Crippen LogP contribution in [0, 0.1) is 0 Å². The van der Waals surface area contributed by atoms with Gasteiger partial charge < -0.3 is 10.2 Å². The number of nitrogens with one attached hydrogen (secondary N) is 1. The predicted molar refractivity (Wildman–Crippen MR) is 107 cm³/mol. The topological polar surface area (TPSA) is 77.4 Å². The number of piperazine rings is 1. The maximum Gasteiger partial charge on any atom is 0.286 e. The number of fused-ring (bicyclic) bond motifs is 1. The Kier molecular flexibility index (Phi) is 4.48. The molecule has 0 bridgehead atoms. The lowest BCUT2D eigenvalue weighted by Crippen LogP contribution is -2.50. The number of hydrogen-bond donors (Lipinski definition) is 1. The summed E-state index contributed by atoms with van der Waals surface area (Å²) in [4.78, 5) is 9.48. The molecule has 140 valence electrons. The van der Waals surface area contributed by atoms with Gasteiger partial charge in [0.25, 0.3) is 10.0 Å². The second-order valence-corrected chi connectivity index (χ2v) is 10.6. The molecule has 3 aliphatic heterocycles. The number of amidine groups is 2. The first-order valence-electron chi connectivity index (χ1n) is 8.73. The summed E-state index contributed by atoms with van der Waals surface area (Å²) in [6.45, 7) is 9.34. The fourth-order valence-corrected chi connectivity index (χ4v) is 5.48. The first-order chi connectivity index (χ1) is 12.3. The number of thioether (sulfide) groups is 1. The van der Waals surface area contributed by atoms with Crippen LogP contribution in [0.15, 0.2) is 38.6 Å². The normalized spacial score (nSPS) is 24.5. The van der Waals surface area contributed by atoms with Crippen molar-refractivity contribution in [3.63, 3.8) is 0 Å². The lowest BCUT2D eigenvalue weighted by Gasteiger charge is -2.36.